The summed E-state index contributed by atoms with van der Waals surface area (Å²) in [7, 11) is -3.39. The average Bonchev–Trinajstić information content (AvgIpc) is 3.12. The van der Waals surface area contributed by atoms with Gasteiger partial charge >= 0.3 is 0 Å². The lowest BCUT2D eigenvalue weighted by Crippen LogP contribution is -2.42. The predicted molar refractivity (Wildman–Crippen MR) is 84.3 cm³/mol. The molecule has 1 aromatic heterocycles. The summed E-state index contributed by atoms with van der Waals surface area (Å²) in [4.78, 5) is 13.6. The minimum absolute atomic E-state index is 0.334. The van der Waals surface area contributed by atoms with Crippen LogP contribution in [0.15, 0.2) is 0 Å². The number of fused-ring (bicyclic) bond motifs is 1. The van der Waals surface area contributed by atoms with E-state index in [4.69, 9.17) is 0 Å². The van der Waals surface area contributed by atoms with Crippen LogP contribution >= 0.6 is 11.3 Å². The Labute approximate surface area is 133 Å². The van der Waals surface area contributed by atoms with E-state index in [0.717, 1.165) is 31.1 Å². The van der Waals surface area contributed by atoms with Crippen molar-refractivity contribution in [1.29, 1.82) is 5.26 Å². The molecule has 1 atom stereocenters. The molecule has 2 heterocycles. The monoisotopic (exact) mass is 339 g/mol. The second kappa shape index (κ2) is 5.65. The maximum Gasteiger partial charge on any atom is 0.243 e. The smallest absolute Gasteiger partial charge is 0.243 e. The summed E-state index contributed by atoms with van der Waals surface area (Å²) in [6.07, 6.45) is 5.20. The lowest BCUT2D eigenvalue weighted by Gasteiger charge is -2.21. The molecule has 3 rings (SSSR count). The van der Waals surface area contributed by atoms with Crippen LogP contribution < -0.4 is 5.32 Å². The Morgan fingerprint density at radius 2 is 2.18 bits per heavy atom. The van der Waals surface area contributed by atoms with Crippen LogP contribution in [0.2, 0.25) is 0 Å². The molecule has 1 saturated heterocycles. The Morgan fingerprint density at radius 3 is 2.86 bits per heavy atom. The molecule has 0 aromatic carbocycles. The summed E-state index contributed by atoms with van der Waals surface area (Å²) in [5, 5.41) is 12.7. The van der Waals surface area contributed by atoms with Crippen LogP contribution in [0.1, 0.15) is 35.3 Å². The van der Waals surface area contributed by atoms with E-state index in [2.05, 4.69) is 11.4 Å². The Bertz CT molecular complexity index is 761. The number of nitrogens with zero attached hydrogens (tertiary/aromatic N) is 2. The maximum atomic E-state index is 12.4. The van der Waals surface area contributed by atoms with Crippen LogP contribution in [-0.2, 0) is 27.7 Å². The highest BCUT2D eigenvalue weighted by Gasteiger charge is 2.37. The van der Waals surface area contributed by atoms with Crippen LogP contribution in [0.4, 0.5) is 5.00 Å². The molecule has 1 fully saturated rings. The topological polar surface area (TPSA) is 90.3 Å². The van der Waals surface area contributed by atoms with Crippen LogP contribution in [0.5, 0.6) is 0 Å². The van der Waals surface area contributed by atoms with E-state index in [1.54, 1.807) is 0 Å². The van der Waals surface area contributed by atoms with Gasteiger partial charge in [-0.25, -0.2) is 8.42 Å². The first-order valence-corrected chi connectivity index (χ1v) is 9.90. The van der Waals surface area contributed by atoms with Gasteiger partial charge in [-0.15, -0.1) is 11.3 Å². The van der Waals surface area contributed by atoms with Crippen molar-refractivity contribution in [3.8, 4) is 6.07 Å². The summed E-state index contributed by atoms with van der Waals surface area (Å²) in [6, 6.07) is 1.51. The van der Waals surface area contributed by atoms with Crippen LogP contribution in [0.3, 0.4) is 0 Å². The molecule has 1 aromatic rings. The molecule has 8 heteroatoms. The van der Waals surface area contributed by atoms with Gasteiger partial charge in [0.2, 0.25) is 15.9 Å². The third kappa shape index (κ3) is 2.64. The van der Waals surface area contributed by atoms with Crippen LogP contribution in [0, 0.1) is 11.3 Å². The fourth-order valence-electron chi connectivity index (χ4n) is 3.20. The van der Waals surface area contributed by atoms with Gasteiger partial charge in [-0.2, -0.15) is 9.57 Å². The van der Waals surface area contributed by atoms with Crippen molar-refractivity contribution in [2.24, 2.45) is 0 Å². The Hall–Kier alpha value is -1.43. The summed E-state index contributed by atoms with van der Waals surface area (Å²) in [6.45, 7) is 0.378. The van der Waals surface area contributed by atoms with Crippen LogP contribution in [0.25, 0.3) is 0 Å². The summed E-state index contributed by atoms with van der Waals surface area (Å²) < 4.78 is 24.7. The number of rotatable bonds is 3. The number of hydrogen-bond acceptors (Lipinski definition) is 5. The first kappa shape index (κ1) is 15.5. The Balaban J connectivity index is 1.82. The average molecular weight is 339 g/mol. The van der Waals surface area contributed by atoms with Gasteiger partial charge in [0, 0.05) is 11.4 Å². The number of anilines is 1. The van der Waals surface area contributed by atoms with Crippen LogP contribution in [-0.4, -0.2) is 37.5 Å². The predicted octanol–water partition coefficient (Wildman–Crippen LogP) is 1.47. The summed E-state index contributed by atoms with van der Waals surface area (Å²) >= 11 is 1.45. The van der Waals surface area contributed by atoms with Gasteiger partial charge in [0.05, 0.1) is 11.8 Å². The van der Waals surface area contributed by atoms with Crippen molar-refractivity contribution in [2.75, 3.05) is 18.1 Å². The number of nitrogens with one attached hydrogen (secondary N) is 1. The van der Waals surface area contributed by atoms with Gasteiger partial charge in [0.1, 0.15) is 17.1 Å². The third-order valence-electron chi connectivity index (χ3n) is 4.20. The minimum Gasteiger partial charge on any atom is -0.315 e. The largest absolute Gasteiger partial charge is 0.315 e. The number of nitriles is 1. The first-order chi connectivity index (χ1) is 10.4. The van der Waals surface area contributed by atoms with E-state index in [1.807, 2.05) is 0 Å². The molecule has 1 aliphatic heterocycles. The molecule has 6 nitrogen and oxygen atoms in total. The summed E-state index contributed by atoms with van der Waals surface area (Å²) in [5.41, 5.74) is 1.60. The second-order valence-corrected chi connectivity index (χ2v) is 8.73. The normalized spacial score (nSPS) is 21.5. The molecule has 0 radical (unpaired) electrons. The molecule has 1 N–H and O–H groups in total. The zero-order valence-electron chi connectivity index (χ0n) is 12.3. The van der Waals surface area contributed by atoms with E-state index in [0.29, 0.717) is 30.0 Å². The maximum absolute atomic E-state index is 12.4. The standard InChI is InChI=1S/C14H17N3O3S2/c1-22(19,20)17-7-3-5-11(17)13(18)16-14-10(8-15)9-4-2-6-12(9)21-14/h11H,2-7H2,1H3,(H,16,18)/t11-/m0/s1. The van der Waals surface area contributed by atoms with E-state index in [-0.39, 0.29) is 5.91 Å². The van der Waals surface area contributed by atoms with Crippen molar-refractivity contribution >= 4 is 32.3 Å². The number of sulfonamides is 1. The van der Waals surface area contributed by atoms with Crippen molar-refractivity contribution in [3.05, 3.63) is 16.0 Å². The molecule has 0 unspecified atom stereocenters. The number of aryl methyl sites for hydroxylation is 1. The third-order valence-corrected chi connectivity index (χ3v) is 6.70. The molecule has 0 spiro atoms. The Kier molecular flexibility index (Phi) is 3.97. The van der Waals surface area contributed by atoms with E-state index < -0.39 is 16.1 Å². The van der Waals surface area contributed by atoms with Gasteiger partial charge in [-0.3, -0.25) is 4.79 Å². The van der Waals surface area contributed by atoms with Gasteiger partial charge < -0.3 is 5.32 Å². The second-order valence-electron chi connectivity index (χ2n) is 5.69. The first-order valence-electron chi connectivity index (χ1n) is 7.24. The molecule has 2 aliphatic rings. The molecule has 0 bridgehead atoms. The molecule has 0 saturated carbocycles. The number of carbonyl (C=O) groups excluding carboxylic acids is 1. The van der Waals surface area contributed by atoms with Crippen molar-refractivity contribution in [2.45, 2.75) is 38.1 Å². The zero-order chi connectivity index (χ0) is 15.9. The molecular formula is C14H17N3O3S2. The number of carbonyl (C=O) groups is 1. The molecule has 1 amide bonds. The van der Waals surface area contributed by atoms with E-state index in [1.165, 1.54) is 20.5 Å². The van der Waals surface area contributed by atoms with Crippen molar-refractivity contribution in [1.82, 2.24) is 4.31 Å². The van der Waals surface area contributed by atoms with Gasteiger partial charge in [-0.05, 0) is 37.7 Å². The van der Waals surface area contributed by atoms with E-state index in [9.17, 15) is 18.5 Å². The number of thiophene rings is 1. The number of amides is 1. The molecule has 118 valence electrons. The fourth-order valence-corrected chi connectivity index (χ4v) is 5.57. The SMILES string of the molecule is CS(=O)(=O)N1CCC[C@H]1C(=O)Nc1sc2c(c1C#N)CCC2. The van der Waals surface area contributed by atoms with Gasteiger partial charge in [-0.1, -0.05) is 0 Å². The minimum atomic E-state index is -3.39. The molecule has 1 aliphatic carbocycles. The highest BCUT2D eigenvalue weighted by Crippen LogP contribution is 2.38. The lowest BCUT2D eigenvalue weighted by molar-refractivity contribution is -0.119. The molecule has 22 heavy (non-hydrogen) atoms. The van der Waals surface area contributed by atoms with Crippen molar-refractivity contribution in [3.63, 3.8) is 0 Å². The van der Waals surface area contributed by atoms with Gasteiger partial charge in [0.25, 0.3) is 0 Å². The molecular weight excluding hydrogens is 322 g/mol. The fraction of sp³-hybridized carbons (Fsp3) is 0.571. The number of hydrogen-bond donors (Lipinski definition) is 1. The quantitative estimate of drug-likeness (QED) is 0.903. The summed E-state index contributed by atoms with van der Waals surface area (Å²) in [5.74, 6) is -0.334. The van der Waals surface area contributed by atoms with Crippen molar-refractivity contribution < 1.29 is 13.2 Å². The zero-order valence-corrected chi connectivity index (χ0v) is 13.9. The highest BCUT2D eigenvalue weighted by atomic mass is 32.2. The van der Waals surface area contributed by atoms with Gasteiger partial charge in [0.15, 0.2) is 0 Å². The lowest BCUT2D eigenvalue weighted by atomic mass is 10.1. The highest BCUT2D eigenvalue weighted by molar-refractivity contribution is 7.88. The Morgan fingerprint density at radius 1 is 1.41 bits per heavy atom. The van der Waals surface area contributed by atoms with E-state index >= 15 is 0 Å².